The van der Waals surface area contributed by atoms with Gasteiger partial charge in [0.15, 0.2) is 0 Å². The lowest BCUT2D eigenvalue weighted by Crippen LogP contribution is -2.35. The van der Waals surface area contributed by atoms with Gasteiger partial charge in [-0.2, -0.15) is 0 Å². The zero-order valence-corrected chi connectivity index (χ0v) is 7.60. The standard InChI is InChI=1S/C7H10BrNO/c1-4-5(2)9-7(10)6(3)8/h1,5-6H,2-3H3,(H,9,10). The summed E-state index contributed by atoms with van der Waals surface area (Å²) in [6.07, 6.45) is 5.04. The minimum atomic E-state index is -0.188. The molecular formula is C7H10BrNO. The van der Waals surface area contributed by atoms with Crippen LogP contribution in [0.3, 0.4) is 0 Å². The van der Waals surface area contributed by atoms with Crippen LogP contribution in [-0.2, 0) is 4.79 Å². The quantitative estimate of drug-likeness (QED) is 0.525. The fourth-order valence-electron chi connectivity index (χ4n) is 0.370. The summed E-state index contributed by atoms with van der Waals surface area (Å²) in [5.41, 5.74) is 0. The molecule has 0 aromatic heterocycles. The highest BCUT2D eigenvalue weighted by Crippen LogP contribution is 1.96. The number of rotatable bonds is 2. The fourth-order valence-corrected chi connectivity index (χ4v) is 0.502. The Bertz CT molecular complexity index is 159. The molecule has 0 radical (unpaired) electrons. The number of carbonyl (C=O) groups is 1. The Morgan fingerprint density at radius 1 is 1.70 bits per heavy atom. The Kier molecular flexibility index (Phi) is 4.13. The lowest BCUT2D eigenvalue weighted by Gasteiger charge is -2.08. The first-order valence-corrected chi connectivity index (χ1v) is 3.90. The summed E-state index contributed by atoms with van der Waals surface area (Å²) in [5, 5.41) is 2.61. The Morgan fingerprint density at radius 2 is 2.20 bits per heavy atom. The van der Waals surface area contributed by atoms with Gasteiger partial charge in [0.25, 0.3) is 0 Å². The number of terminal acetylenes is 1. The van der Waals surface area contributed by atoms with Crippen LogP contribution in [-0.4, -0.2) is 16.8 Å². The van der Waals surface area contributed by atoms with E-state index in [1.807, 2.05) is 0 Å². The van der Waals surface area contributed by atoms with Crippen LogP contribution in [0.1, 0.15) is 13.8 Å². The van der Waals surface area contributed by atoms with Crippen LogP contribution in [0, 0.1) is 12.3 Å². The third-order valence-electron chi connectivity index (χ3n) is 0.970. The second kappa shape index (κ2) is 4.35. The van der Waals surface area contributed by atoms with Crippen molar-refractivity contribution in [2.24, 2.45) is 0 Å². The van der Waals surface area contributed by atoms with Gasteiger partial charge in [0.2, 0.25) is 5.91 Å². The van der Waals surface area contributed by atoms with E-state index in [1.165, 1.54) is 0 Å². The number of hydrogen-bond donors (Lipinski definition) is 1. The molecule has 2 unspecified atom stereocenters. The monoisotopic (exact) mass is 203 g/mol. The van der Waals surface area contributed by atoms with Gasteiger partial charge >= 0.3 is 0 Å². The van der Waals surface area contributed by atoms with E-state index in [1.54, 1.807) is 13.8 Å². The topological polar surface area (TPSA) is 29.1 Å². The first-order chi connectivity index (χ1) is 4.57. The van der Waals surface area contributed by atoms with Crippen LogP contribution in [0.2, 0.25) is 0 Å². The summed E-state index contributed by atoms with van der Waals surface area (Å²) in [5.74, 6) is 2.32. The van der Waals surface area contributed by atoms with Crippen LogP contribution in [0.5, 0.6) is 0 Å². The van der Waals surface area contributed by atoms with Crippen molar-refractivity contribution in [1.82, 2.24) is 5.32 Å². The molecule has 0 rings (SSSR count). The van der Waals surface area contributed by atoms with Crippen molar-refractivity contribution in [1.29, 1.82) is 0 Å². The van der Waals surface area contributed by atoms with Crippen molar-refractivity contribution in [2.45, 2.75) is 24.7 Å². The molecule has 56 valence electrons. The molecular weight excluding hydrogens is 194 g/mol. The summed E-state index contributed by atoms with van der Waals surface area (Å²) in [6.45, 7) is 3.51. The van der Waals surface area contributed by atoms with E-state index in [-0.39, 0.29) is 16.8 Å². The van der Waals surface area contributed by atoms with Crippen molar-refractivity contribution >= 4 is 21.8 Å². The maximum atomic E-state index is 10.9. The summed E-state index contributed by atoms with van der Waals surface area (Å²) in [4.78, 5) is 10.7. The molecule has 0 saturated carbocycles. The highest BCUT2D eigenvalue weighted by atomic mass is 79.9. The highest BCUT2D eigenvalue weighted by Gasteiger charge is 2.09. The van der Waals surface area contributed by atoms with Gasteiger partial charge in [-0.3, -0.25) is 4.79 Å². The number of nitrogens with one attached hydrogen (secondary N) is 1. The number of hydrogen-bond acceptors (Lipinski definition) is 1. The molecule has 0 spiro atoms. The fraction of sp³-hybridized carbons (Fsp3) is 0.571. The molecule has 0 aliphatic rings. The predicted molar refractivity (Wildman–Crippen MR) is 44.8 cm³/mol. The zero-order chi connectivity index (χ0) is 8.15. The molecule has 0 aromatic rings. The van der Waals surface area contributed by atoms with Gasteiger partial charge in [0, 0.05) is 0 Å². The Labute approximate surface area is 69.5 Å². The van der Waals surface area contributed by atoms with Crippen molar-refractivity contribution < 1.29 is 4.79 Å². The van der Waals surface area contributed by atoms with E-state index in [9.17, 15) is 4.79 Å². The molecule has 0 fully saturated rings. The molecule has 0 aliphatic heterocycles. The Balaban J connectivity index is 3.71. The Hall–Kier alpha value is -0.490. The van der Waals surface area contributed by atoms with E-state index in [4.69, 9.17) is 6.42 Å². The average molecular weight is 204 g/mol. The third-order valence-corrected chi connectivity index (χ3v) is 1.39. The van der Waals surface area contributed by atoms with Gasteiger partial charge in [0.1, 0.15) is 0 Å². The molecule has 10 heavy (non-hydrogen) atoms. The smallest absolute Gasteiger partial charge is 0.234 e. The first-order valence-electron chi connectivity index (χ1n) is 2.98. The molecule has 0 aromatic carbocycles. The second-order valence-electron chi connectivity index (χ2n) is 2.01. The summed E-state index contributed by atoms with van der Waals surface area (Å²) in [7, 11) is 0. The zero-order valence-electron chi connectivity index (χ0n) is 6.02. The molecule has 2 nitrogen and oxygen atoms in total. The lowest BCUT2D eigenvalue weighted by molar-refractivity contribution is -0.120. The SMILES string of the molecule is C#CC(C)NC(=O)C(C)Br. The maximum absolute atomic E-state index is 10.9. The van der Waals surface area contributed by atoms with E-state index in [2.05, 4.69) is 27.2 Å². The predicted octanol–water partition coefficient (Wildman–Crippen LogP) is 0.908. The molecule has 0 aliphatic carbocycles. The van der Waals surface area contributed by atoms with Gasteiger partial charge in [0.05, 0.1) is 10.9 Å². The number of carbonyl (C=O) groups excluding carboxylic acids is 1. The molecule has 3 heteroatoms. The second-order valence-corrected chi connectivity index (χ2v) is 3.39. The number of halogens is 1. The van der Waals surface area contributed by atoms with Gasteiger partial charge in [-0.05, 0) is 13.8 Å². The molecule has 0 saturated heterocycles. The summed E-state index contributed by atoms with van der Waals surface area (Å²) in [6, 6.07) is -0.188. The minimum Gasteiger partial charge on any atom is -0.342 e. The minimum absolute atomic E-state index is 0.0783. The van der Waals surface area contributed by atoms with Crippen molar-refractivity contribution in [3.05, 3.63) is 0 Å². The summed E-state index contributed by atoms with van der Waals surface area (Å²) >= 11 is 3.12. The molecule has 0 heterocycles. The normalized spacial score (nSPS) is 15.0. The van der Waals surface area contributed by atoms with Gasteiger partial charge < -0.3 is 5.32 Å². The van der Waals surface area contributed by atoms with Crippen LogP contribution >= 0.6 is 15.9 Å². The van der Waals surface area contributed by atoms with E-state index in [0.717, 1.165) is 0 Å². The molecule has 1 amide bonds. The van der Waals surface area contributed by atoms with Crippen molar-refractivity contribution in [3.63, 3.8) is 0 Å². The van der Waals surface area contributed by atoms with E-state index < -0.39 is 0 Å². The van der Waals surface area contributed by atoms with Gasteiger partial charge in [-0.1, -0.05) is 21.9 Å². The van der Waals surface area contributed by atoms with Crippen LogP contribution in [0.4, 0.5) is 0 Å². The summed E-state index contributed by atoms with van der Waals surface area (Å²) < 4.78 is 0. The maximum Gasteiger partial charge on any atom is 0.234 e. The highest BCUT2D eigenvalue weighted by molar-refractivity contribution is 9.10. The Morgan fingerprint density at radius 3 is 2.50 bits per heavy atom. The molecule has 1 N–H and O–H groups in total. The molecule has 0 bridgehead atoms. The molecule has 2 atom stereocenters. The van der Waals surface area contributed by atoms with Crippen LogP contribution in [0.15, 0.2) is 0 Å². The number of alkyl halides is 1. The van der Waals surface area contributed by atoms with Crippen LogP contribution in [0.25, 0.3) is 0 Å². The average Bonchev–Trinajstić information content (AvgIpc) is 1.87. The third kappa shape index (κ3) is 3.52. The largest absolute Gasteiger partial charge is 0.342 e. The van der Waals surface area contributed by atoms with Crippen molar-refractivity contribution in [3.8, 4) is 12.3 Å². The van der Waals surface area contributed by atoms with Crippen molar-refractivity contribution in [2.75, 3.05) is 0 Å². The van der Waals surface area contributed by atoms with Gasteiger partial charge in [-0.25, -0.2) is 0 Å². The lowest BCUT2D eigenvalue weighted by atomic mass is 10.3. The van der Waals surface area contributed by atoms with Crippen LogP contribution < -0.4 is 5.32 Å². The van der Waals surface area contributed by atoms with E-state index >= 15 is 0 Å². The number of amides is 1. The van der Waals surface area contributed by atoms with Gasteiger partial charge in [-0.15, -0.1) is 6.42 Å². The van der Waals surface area contributed by atoms with E-state index in [0.29, 0.717) is 0 Å². The first kappa shape index (κ1) is 9.51.